The molecule has 0 aliphatic heterocycles. The number of hydrogen-bond acceptors (Lipinski definition) is 4. The van der Waals surface area contributed by atoms with Gasteiger partial charge < -0.3 is 4.74 Å². The molecule has 0 aliphatic rings. The number of nitriles is 1. The summed E-state index contributed by atoms with van der Waals surface area (Å²) in [6, 6.07) is 5.72. The van der Waals surface area contributed by atoms with Crippen LogP contribution in [0.5, 0.6) is 11.5 Å². The Morgan fingerprint density at radius 2 is 1.81 bits per heavy atom. The van der Waals surface area contributed by atoms with E-state index in [-0.39, 0.29) is 5.75 Å². The predicted octanol–water partition coefficient (Wildman–Crippen LogP) is 3.68. The molecule has 0 fully saturated rings. The van der Waals surface area contributed by atoms with Gasteiger partial charge in [0.2, 0.25) is 5.82 Å². The molecule has 0 bridgehead atoms. The van der Waals surface area contributed by atoms with Crippen LogP contribution in [0, 0.1) is 38.9 Å². The number of ether oxygens (including phenoxy) is 1. The van der Waals surface area contributed by atoms with Gasteiger partial charge in [-0.15, -0.1) is 0 Å². The summed E-state index contributed by atoms with van der Waals surface area (Å²) in [7, 11) is 0. The second-order valence-corrected chi connectivity index (χ2v) is 3.82. The van der Waals surface area contributed by atoms with Crippen LogP contribution in [0.25, 0.3) is 0 Å². The molecule has 2 aromatic rings. The Kier molecular flexibility index (Phi) is 3.75. The van der Waals surface area contributed by atoms with Gasteiger partial charge in [-0.1, -0.05) is 6.07 Å². The summed E-state index contributed by atoms with van der Waals surface area (Å²) in [5.41, 5.74) is -1.55. The van der Waals surface area contributed by atoms with E-state index in [1.807, 2.05) is 0 Å². The number of benzene rings is 2. The molecule has 5 nitrogen and oxygen atoms in total. The minimum atomic E-state index is -1.31. The molecule has 2 rings (SSSR count). The van der Waals surface area contributed by atoms with Gasteiger partial charge in [-0.25, -0.2) is 8.78 Å². The normalized spacial score (nSPS) is 10.0. The van der Waals surface area contributed by atoms with Gasteiger partial charge in [0.15, 0.2) is 11.6 Å². The average molecular weight is 294 g/mol. The molecular weight excluding hydrogens is 289 g/mol. The average Bonchev–Trinajstić information content (AvgIpc) is 2.42. The summed E-state index contributed by atoms with van der Waals surface area (Å²) in [6.07, 6.45) is 0. The van der Waals surface area contributed by atoms with Crippen molar-refractivity contribution in [3.05, 3.63) is 63.5 Å². The third kappa shape index (κ3) is 2.76. The van der Waals surface area contributed by atoms with Crippen molar-refractivity contribution in [3.8, 4) is 17.6 Å². The van der Waals surface area contributed by atoms with Crippen LogP contribution in [0.15, 0.2) is 30.3 Å². The summed E-state index contributed by atoms with van der Waals surface area (Å²) in [6.45, 7) is 0. The molecule has 21 heavy (non-hydrogen) atoms. The summed E-state index contributed by atoms with van der Waals surface area (Å²) in [4.78, 5) is 9.36. The first kappa shape index (κ1) is 14.3. The highest BCUT2D eigenvalue weighted by molar-refractivity contribution is 5.47. The molecule has 0 spiro atoms. The quantitative estimate of drug-likeness (QED) is 0.639. The first-order chi connectivity index (χ1) is 9.93. The fraction of sp³-hybridized carbons (Fsp3) is 0. The van der Waals surface area contributed by atoms with E-state index in [1.54, 1.807) is 0 Å². The van der Waals surface area contributed by atoms with E-state index in [1.165, 1.54) is 18.2 Å². The maximum Gasteiger partial charge on any atom is 0.307 e. The van der Waals surface area contributed by atoms with E-state index in [4.69, 9.17) is 10.00 Å². The Labute approximate surface area is 116 Å². The van der Waals surface area contributed by atoms with Crippen molar-refractivity contribution in [3.63, 3.8) is 0 Å². The molecule has 0 aliphatic carbocycles. The molecule has 0 radical (unpaired) electrons. The van der Waals surface area contributed by atoms with Gasteiger partial charge in [-0.3, -0.25) is 10.1 Å². The number of rotatable bonds is 3. The Morgan fingerprint density at radius 1 is 1.10 bits per heavy atom. The van der Waals surface area contributed by atoms with Crippen molar-refractivity contribution in [2.45, 2.75) is 0 Å². The maximum atomic E-state index is 13.6. The predicted molar refractivity (Wildman–Crippen MR) is 64.2 cm³/mol. The van der Waals surface area contributed by atoms with Crippen LogP contribution in [0.1, 0.15) is 5.56 Å². The molecule has 0 amide bonds. The zero-order chi connectivity index (χ0) is 15.6. The van der Waals surface area contributed by atoms with Crippen LogP contribution < -0.4 is 4.74 Å². The number of nitro benzene ring substituents is 1. The molecule has 0 saturated carbocycles. The van der Waals surface area contributed by atoms with Crippen LogP contribution in [-0.4, -0.2) is 4.92 Å². The maximum absolute atomic E-state index is 13.6. The minimum Gasteiger partial charge on any atom is -0.453 e. The number of hydrogen-bond donors (Lipinski definition) is 0. The Bertz CT molecular complexity index is 772. The van der Waals surface area contributed by atoms with E-state index in [2.05, 4.69) is 0 Å². The van der Waals surface area contributed by atoms with E-state index in [9.17, 15) is 23.3 Å². The zero-order valence-corrected chi connectivity index (χ0v) is 10.1. The summed E-state index contributed by atoms with van der Waals surface area (Å²) in [5, 5.41) is 19.2. The van der Waals surface area contributed by atoms with Crippen LogP contribution >= 0.6 is 0 Å². The standard InChI is InChI=1S/C13H5F3N2O3/c14-8-2-1-3-12(7(8)6-17)21-13-5-9(15)11(18(19)20)4-10(13)16/h1-5H. The molecule has 0 saturated heterocycles. The molecule has 8 heteroatoms. The van der Waals surface area contributed by atoms with Crippen molar-refractivity contribution < 1.29 is 22.8 Å². The van der Waals surface area contributed by atoms with E-state index in [0.717, 1.165) is 6.07 Å². The molecule has 0 aromatic heterocycles. The first-order valence-electron chi connectivity index (χ1n) is 5.44. The van der Waals surface area contributed by atoms with Crippen molar-refractivity contribution in [1.29, 1.82) is 5.26 Å². The fourth-order valence-corrected chi connectivity index (χ4v) is 1.55. The molecule has 0 N–H and O–H groups in total. The monoisotopic (exact) mass is 294 g/mol. The van der Waals surface area contributed by atoms with Crippen molar-refractivity contribution in [2.24, 2.45) is 0 Å². The van der Waals surface area contributed by atoms with Crippen molar-refractivity contribution in [1.82, 2.24) is 0 Å². The van der Waals surface area contributed by atoms with E-state index < -0.39 is 39.4 Å². The van der Waals surface area contributed by atoms with Gasteiger partial charge in [0.1, 0.15) is 23.2 Å². The lowest BCUT2D eigenvalue weighted by Gasteiger charge is -2.08. The summed E-state index contributed by atoms with van der Waals surface area (Å²) >= 11 is 0. The molecular formula is C13H5F3N2O3. The summed E-state index contributed by atoms with van der Waals surface area (Å²) in [5.74, 6) is -4.44. The Balaban J connectivity index is 2.47. The van der Waals surface area contributed by atoms with Gasteiger partial charge in [0.05, 0.1) is 11.0 Å². The Hall–Kier alpha value is -3.08. The molecule has 0 heterocycles. The third-order valence-electron chi connectivity index (χ3n) is 2.51. The minimum absolute atomic E-state index is 0.329. The zero-order valence-electron chi connectivity index (χ0n) is 10.1. The van der Waals surface area contributed by atoms with Crippen molar-refractivity contribution >= 4 is 5.69 Å². The lowest BCUT2D eigenvalue weighted by Crippen LogP contribution is -1.98. The van der Waals surface area contributed by atoms with Crippen molar-refractivity contribution in [2.75, 3.05) is 0 Å². The van der Waals surface area contributed by atoms with Gasteiger partial charge >= 0.3 is 5.69 Å². The fourth-order valence-electron chi connectivity index (χ4n) is 1.55. The number of halogens is 3. The second-order valence-electron chi connectivity index (χ2n) is 3.82. The highest BCUT2D eigenvalue weighted by Gasteiger charge is 2.20. The second kappa shape index (κ2) is 5.50. The van der Waals surface area contributed by atoms with Crippen LogP contribution in [0.4, 0.5) is 18.9 Å². The SMILES string of the molecule is N#Cc1c(F)cccc1Oc1cc(F)c([N+](=O)[O-])cc1F. The van der Waals surface area contributed by atoms with E-state index in [0.29, 0.717) is 12.1 Å². The van der Waals surface area contributed by atoms with Gasteiger partial charge in [-0.2, -0.15) is 9.65 Å². The first-order valence-corrected chi connectivity index (χ1v) is 5.44. The third-order valence-corrected chi connectivity index (χ3v) is 2.51. The lowest BCUT2D eigenvalue weighted by atomic mass is 10.2. The highest BCUT2D eigenvalue weighted by atomic mass is 19.1. The smallest absolute Gasteiger partial charge is 0.307 e. The molecule has 106 valence electrons. The molecule has 0 unspecified atom stereocenters. The van der Waals surface area contributed by atoms with Gasteiger partial charge in [-0.05, 0) is 12.1 Å². The molecule has 2 aromatic carbocycles. The van der Waals surface area contributed by atoms with Crippen LogP contribution in [0.3, 0.4) is 0 Å². The lowest BCUT2D eigenvalue weighted by molar-refractivity contribution is -0.387. The Morgan fingerprint density at radius 3 is 2.43 bits per heavy atom. The largest absolute Gasteiger partial charge is 0.453 e. The van der Waals surface area contributed by atoms with Gasteiger partial charge in [0.25, 0.3) is 0 Å². The number of nitro groups is 1. The van der Waals surface area contributed by atoms with Crippen LogP contribution in [-0.2, 0) is 0 Å². The topological polar surface area (TPSA) is 76.2 Å². The number of nitrogens with zero attached hydrogens (tertiary/aromatic N) is 2. The highest BCUT2D eigenvalue weighted by Crippen LogP contribution is 2.32. The van der Waals surface area contributed by atoms with E-state index >= 15 is 0 Å². The molecule has 0 atom stereocenters. The van der Waals surface area contributed by atoms with Crippen LogP contribution in [0.2, 0.25) is 0 Å². The van der Waals surface area contributed by atoms with Gasteiger partial charge in [0, 0.05) is 6.07 Å². The summed E-state index contributed by atoms with van der Waals surface area (Å²) < 4.78 is 45.3.